The summed E-state index contributed by atoms with van der Waals surface area (Å²) in [6, 6.07) is 0.227. The Morgan fingerprint density at radius 3 is 2.58 bits per heavy atom. The smallest absolute Gasteiger partial charge is 0.222 e. The molecule has 19 heavy (non-hydrogen) atoms. The predicted molar refractivity (Wildman–Crippen MR) is 79.0 cm³/mol. The first-order chi connectivity index (χ1) is 8.97. The number of nitrogens with one attached hydrogen (secondary N) is 1. The Morgan fingerprint density at radius 2 is 2.00 bits per heavy atom. The normalized spacial score (nSPS) is 14.4. The third-order valence-electron chi connectivity index (χ3n) is 3.21. The molecule has 0 bridgehead atoms. The van der Waals surface area contributed by atoms with Crippen molar-refractivity contribution < 1.29 is 9.53 Å². The van der Waals surface area contributed by atoms with Gasteiger partial charge in [0.1, 0.15) is 0 Å². The van der Waals surface area contributed by atoms with Crippen molar-refractivity contribution in [2.75, 3.05) is 40.4 Å². The van der Waals surface area contributed by atoms with E-state index < -0.39 is 0 Å². The molecule has 0 heterocycles. The van der Waals surface area contributed by atoms with Crippen molar-refractivity contribution in [3.05, 3.63) is 0 Å². The molecule has 0 spiro atoms. The number of carbonyl (C=O) groups is 1. The molecule has 0 saturated heterocycles. The molecular formula is C14H31N3O2. The predicted octanol–water partition coefficient (Wildman–Crippen LogP) is 0.834. The Kier molecular flexibility index (Phi) is 10.8. The first-order valence-corrected chi connectivity index (χ1v) is 7.18. The molecule has 2 unspecified atom stereocenters. The van der Waals surface area contributed by atoms with Crippen LogP contribution in [-0.2, 0) is 9.53 Å². The van der Waals surface area contributed by atoms with E-state index in [-0.39, 0.29) is 17.9 Å². The van der Waals surface area contributed by atoms with E-state index in [4.69, 9.17) is 10.5 Å². The van der Waals surface area contributed by atoms with Gasteiger partial charge in [-0.1, -0.05) is 13.3 Å². The average Bonchev–Trinajstić information content (AvgIpc) is 2.35. The molecule has 0 fully saturated rings. The minimum absolute atomic E-state index is 0.0723. The maximum absolute atomic E-state index is 11.8. The fourth-order valence-electron chi connectivity index (χ4n) is 1.78. The first kappa shape index (κ1) is 18.4. The Bertz CT molecular complexity index is 235. The van der Waals surface area contributed by atoms with Gasteiger partial charge in [-0.25, -0.2) is 0 Å². The van der Waals surface area contributed by atoms with Crippen LogP contribution in [0.5, 0.6) is 0 Å². The highest BCUT2D eigenvalue weighted by molar-refractivity contribution is 5.78. The van der Waals surface area contributed by atoms with Crippen molar-refractivity contribution in [1.29, 1.82) is 0 Å². The van der Waals surface area contributed by atoms with Gasteiger partial charge in [-0.05, 0) is 26.8 Å². The van der Waals surface area contributed by atoms with Crippen LogP contribution in [0.15, 0.2) is 0 Å². The summed E-state index contributed by atoms with van der Waals surface area (Å²) in [5.74, 6) is 0.216. The minimum Gasteiger partial charge on any atom is -0.383 e. The number of nitrogens with two attached hydrogens (primary N) is 1. The minimum atomic E-state index is 0.0723. The van der Waals surface area contributed by atoms with Crippen LogP contribution in [0, 0.1) is 5.92 Å². The summed E-state index contributed by atoms with van der Waals surface area (Å²) >= 11 is 0. The molecule has 0 aromatic heterocycles. The molecule has 0 aliphatic heterocycles. The molecule has 0 radical (unpaired) electrons. The van der Waals surface area contributed by atoms with Crippen LogP contribution < -0.4 is 11.1 Å². The van der Waals surface area contributed by atoms with Gasteiger partial charge < -0.3 is 20.7 Å². The van der Waals surface area contributed by atoms with Crippen molar-refractivity contribution in [3.63, 3.8) is 0 Å². The van der Waals surface area contributed by atoms with Gasteiger partial charge in [0.15, 0.2) is 0 Å². The van der Waals surface area contributed by atoms with Crippen LogP contribution in [0.4, 0.5) is 0 Å². The maximum atomic E-state index is 11.8. The zero-order valence-electron chi connectivity index (χ0n) is 12.9. The van der Waals surface area contributed by atoms with Crippen LogP contribution >= 0.6 is 0 Å². The van der Waals surface area contributed by atoms with Gasteiger partial charge in [0.05, 0.1) is 6.61 Å². The maximum Gasteiger partial charge on any atom is 0.222 e. The van der Waals surface area contributed by atoms with Crippen LogP contribution in [-0.4, -0.2) is 57.2 Å². The molecule has 0 aliphatic rings. The van der Waals surface area contributed by atoms with Crippen molar-refractivity contribution in [1.82, 2.24) is 10.2 Å². The highest BCUT2D eigenvalue weighted by Gasteiger charge is 2.12. The van der Waals surface area contributed by atoms with Gasteiger partial charge in [0.2, 0.25) is 5.91 Å². The number of ether oxygens (including phenoxy) is 1. The van der Waals surface area contributed by atoms with Crippen molar-refractivity contribution >= 4 is 5.91 Å². The third kappa shape index (κ3) is 10.9. The molecule has 5 heteroatoms. The highest BCUT2D eigenvalue weighted by atomic mass is 16.5. The molecule has 0 aromatic carbocycles. The molecule has 0 aromatic rings. The van der Waals surface area contributed by atoms with Crippen LogP contribution in [0.1, 0.15) is 33.1 Å². The van der Waals surface area contributed by atoms with E-state index in [1.807, 2.05) is 20.9 Å². The number of hydrogen-bond acceptors (Lipinski definition) is 4. The summed E-state index contributed by atoms with van der Waals surface area (Å²) < 4.78 is 5.00. The lowest BCUT2D eigenvalue weighted by Crippen LogP contribution is -2.36. The summed E-state index contributed by atoms with van der Waals surface area (Å²) in [5.41, 5.74) is 5.69. The van der Waals surface area contributed by atoms with Gasteiger partial charge >= 0.3 is 0 Å². The number of rotatable bonds is 11. The van der Waals surface area contributed by atoms with Crippen molar-refractivity contribution in [3.8, 4) is 0 Å². The van der Waals surface area contributed by atoms with E-state index >= 15 is 0 Å². The zero-order valence-corrected chi connectivity index (χ0v) is 12.9. The number of amides is 1. The van der Waals surface area contributed by atoms with Crippen LogP contribution in [0.3, 0.4) is 0 Å². The number of likely N-dealkylation sites (N-methyl/N-ethyl adjacent to an activating group) is 1. The van der Waals surface area contributed by atoms with E-state index in [9.17, 15) is 4.79 Å². The molecule has 1 amide bonds. The van der Waals surface area contributed by atoms with E-state index in [0.29, 0.717) is 6.54 Å². The molecular weight excluding hydrogens is 242 g/mol. The largest absolute Gasteiger partial charge is 0.383 e. The average molecular weight is 273 g/mol. The Morgan fingerprint density at radius 1 is 1.32 bits per heavy atom. The summed E-state index contributed by atoms with van der Waals surface area (Å²) in [4.78, 5) is 14.0. The quantitative estimate of drug-likeness (QED) is 0.585. The second-order valence-electron chi connectivity index (χ2n) is 5.40. The molecule has 2 atom stereocenters. The lowest BCUT2D eigenvalue weighted by molar-refractivity contribution is -0.124. The molecule has 114 valence electrons. The SMILES string of the molecule is COCCN(C)CCNC(=O)C(C)CCCC(C)N. The van der Waals surface area contributed by atoms with E-state index in [2.05, 4.69) is 10.2 Å². The first-order valence-electron chi connectivity index (χ1n) is 7.18. The highest BCUT2D eigenvalue weighted by Crippen LogP contribution is 2.08. The van der Waals surface area contributed by atoms with Gasteiger partial charge in [-0.2, -0.15) is 0 Å². The number of methoxy groups -OCH3 is 1. The summed E-state index contributed by atoms with van der Waals surface area (Å²) in [5, 5.41) is 2.98. The van der Waals surface area contributed by atoms with Gasteiger partial charge in [-0.15, -0.1) is 0 Å². The van der Waals surface area contributed by atoms with Crippen molar-refractivity contribution in [2.45, 2.75) is 39.2 Å². The molecule has 5 nitrogen and oxygen atoms in total. The lowest BCUT2D eigenvalue weighted by Gasteiger charge is -2.17. The van der Waals surface area contributed by atoms with Crippen LogP contribution in [0.2, 0.25) is 0 Å². The Labute approximate surface area is 117 Å². The van der Waals surface area contributed by atoms with E-state index in [1.54, 1.807) is 7.11 Å². The second kappa shape index (κ2) is 11.2. The zero-order chi connectivity index (χ0) is 14.7. The molecule has 0 rings (SSSR count). The molecule has 0 saturated carbocycles. The summed E-state index contributed by atoms with van der Waals surface area (Å²) in [6.45, 7) is 7.12. The fraction of sp³-hybridized carbons (Fsp3) is 0.929. The topological polar surface area (TPSA) is 67.6 Å². The Hall–Kier alpha value is -0.650. The number of hydrogen-bond donors (Lipinski definition) is 2. The van der Waals surface area contributed by atoms with E-state index in [1.165, 1.54) is 0 Å². The standard InChI is InChI=1S/C14H31N3O2/c1-12(6-5-7-13(2)15)14(18)16-8-9-17(3)10-11-19-4/h12-13H,5-11,15H2,1-4H3,(H,16,18). The summed E-state index contributed by atoms with van der Waals surface area (Å²) in [6.07, 6.45) is 2.91. The third-order valence-corrected chi connectivity index (χ3v) is 3.21. The number of nitrogens with zero attached hydrogens (tertiary/aromatic N) is 1. The van der Waals surface area contributed by atoms with Gasteiger partial charge in [-0.3, -0.25) is 4.79 Å². The molecule has 3 N–H and O–H groups in total. The fourth-order valence-corrected chi connectivity index (χ4v) is 1.78. The second-order valence-corrected chi connectivity index (χ2v) is 5.40. The van der Waals surface area contributed by atoms with Crippen LogP contribution in [0.25, 0.3) is 0 Å². The van der Waals surface area contributed by atoms with Gasteiger partial charge in [0, 0.05) is 38.7 Å². The molecule has 0 aliphatic carbocycles. The van der Waals surface area contributed by atoms with Gasteiger partial charge in [0.25, 0.3) is 0 Å². The monoisotopic (exact) mass is 273 g/mol. The van der Waals surface area contributed by atoms with Crippen molar-refractivity contribution in [2.24, 2.45) is 11.7 Å². The Balaban J connectivity index is 3.61. The van der Waals surface area contributed by atoms with E-state index in [0.717, 1.165) is 39.0 Å². The lowest BCUT2D eigenvalue weighted by atomic mass is 10.0. The summed E-state index contributed by atoms with van der Waals surface area (Å²) in [7, 11) is 3.72. The number of carbonyl (C=O) groups excluding carboxylic acids is 1.